The smallest absolute Gasteiger partial charge is 0.301 e. The maximum absolute atomic E-state index is 11.9. The average molecular weight is 344 g/mol. The molecule has 1 aliphatic heterocycles. The highest BCUT2D eigenvalue weighted by molar-refractivity contribution is 7.89. The van der Waals surface area contributed by atoms with Gasteiger partial charge in [0.1, 0.15) is 0 Å². The first-order valence-electron chi connectivity index (χ1n) is 6.93. The van der Waals surface area contributed by atoms with Crippen LogP contribution in [0.4, 0.5) is 17.1 Å². The van der Waals surface area contributed by atoms with E-state index in [0.717, 1.165) is 38.4 Å². The van der Waals surface area contributed by atoms with Gasteiger partial charge in [0.05, 0.1) is 14.7 Å². The van der Waals surface area contributed by atoms with Crippen molar-refractivity contribution in [2.75, 3.05) is 25.0 Å². The van der Waals surface area contributed by atoms with E-state index in [1.807, 2.05) is 4.72 Å². The van der Waals surface area contributed by atoms with Gasteiger partial charge in [0.2, 0.25) is 10.0 Å². The first-order valence-corrected chi connectivity index (χ1v) is 8.41. The summed E-state index contributed by atoms with van der Waals surface area (Å²) in [6.07, 6.45) is 2.49. The number of nitrogens with zero attached hydrogens (tertiary/aromatic N) is 3. The summed E-state index contributed by atoms with van der Waals surface area (Å²) in [7, 11) is -2.90. The number of piperidine rings is 1. The SMILES string of the molecule is CNS(=O)(=O)c1cc([N+](=O)[O-])c(N2CCCCC2)c([N+](=O)[O-])c1. The number of nitro groups is 2. The lowest BCUT2D eigenvalue weighted by Gasteiger charge is -2.28. The van der Waals surface area contributed by atoms with Crippen molar-refractivity contribution in [1.29, 1.82) is 0 Å². The Balaban J connectivity index is 2.73. The number of sulfonamides is 1. The average Bonchev–Trinajstić information content (AvgIpc) is 2.54. The van der Waals surface area contributed by atoms with Crippen molar-refractivity contribution in [3.8, 4) is 0 Å². The molecule has 2 rings (SSSR count). The van der Waals surface area contributed by atoms with Crippen LogP contribution in [0, 0.1) is 20.2 Å². The fraction of sp³-hybridized carbons (Fsp3) is 0.500. The summed E-state index contributed by atoms with van der Waals surface area (Å²) >= 11 is 0. The van der Waals surface area contributed by atoms with E-state index in [2.05, 4.69) is 0 Å². The van der Waals surface area contributed by atoms with Crippen molar-refractivity contribution in [3.05, 3.63) is 32.4 Å². The van der Waals surface area contributed by atoms with Crippen molar-refractivity contribution in [2.45, 2.75) is 24.2 Å². The summed E-state index contributed by atoms with van der Waals surface area (Å²) in [5.74, 6) is 0. The van der Waals surface area contributed by atoms with E-state index in [0.29, 0.717) is 13.1 Å². The van der Waals surface area contributed by atoms with Crippen molar-refractivity contribution < 1.29 is 18.3 Å². The summed E-state index contributed by atoms with van der Waals surface area (Å²) in [5.41, 5.74) is -1.28. The molecule has 1 fully saturated rings. The van der Waals surface area contributed by atoms with Gasteiger partial charge < -0.3 is 4.90 Å². The molecule has 1 aromatic carbocycles. The highest BCUT2D eigenvalue weighted by atomic mass is 32.2. The zero-order valence-corrected chi connectivity index (χ0v) is 13.2. The molecule has 10 nitrogen and oxygen atoms in total. The molecule has 0 unspecified atom stereocenters. The van der Waals surface area contributed by atoms with Gasteiger partial charge >= 0.3 is 11.4 Å². The lowest BCUT2D eigenvalue weighted by molar-refractivity contribution is -0.393. The van der Waals surface area contributed by atoms with Crippen molar-refractivity contribution in [1.82, 2.24) is 4.72 Å². The molecule has 0 amide bonds. The molecule has 0 bridgehead atoms. The second-order valence-electron chi connectivity index (χ2n) is 5.08. The van der Waals surface area contributed by atoms with Gasteiger partial charge in [0.25, 0.3) is 0 Å². The van der Waals surface area contributed by atoms with Gasteiger partial charge in [-0.25, -0.2) is 13.1 Å². The lowest BCUT2D eigenvalue weighted by atomic mass is 10.1. The van der Waals surface area contributed by atoms with Crippen molar-refractivity contribution >= 4 is 27.1 Å². The molecule has 0 atom stereocenters. The number of nitrogens with one attached hydrogen (secondary N) is 1. The van der Waals surface area contributed by atoms with Crippen molar-refractivity contribution in [3.63, 3.8) is 0 Å². The van der Waals surface area contributed by atoms with Crippen LogP contribution < -0.4 is 9.62 Å². The van der Waals surface area contributed by atoms with E-state index < -0.39 is 36.1 Å². The molecule has 1 aliphatic rings. The molecule has 0 aliphatic carbocycles. The molecular formula is C12H16N4O6S. The second-order valence-corrected chi connectivity index (χ2v) is 6.97. The monoisotopic (exact) mass is 344 g/mol. The molecule has 11 heteroatoms. The van der Waals surface area contributed by atoms with Gasteiger partial charge in [0, 0.05) is 25.2 Å². The van der Waals surface area contributed by atoms with Crippen LogP contribution >= 0.6 is 0 Å². The van der Waals surface area contributed by atoms with Crippen molar-refractivity contribution in [2.24, 2.45) is 0 Å². The van der Waals surface area contributed by atoms with E-state index in [4.69, 9.17) is 0 Å². The highest BCUT2D eigenvalue weighted by Crippen LogP contribution is 2.40. The predicted octanol–water partition coefficient (Wildman–Crippen LogP) is 1.40. The second kappa shape index (κ2) is 6.46. The third-order valence-corrected chi connectivity index (χ3v) is 5.08. The minimum atomic E-state index is -4.04. The van der Waals surface area contributed by atoms with E-state index in [1.54, 1.807) is 4.90 Å². The minimum Gasteiger partial charge on any atom is -0.360 e. The zero-order valence-electron chi connectivity index (χ0n) is 12.4. The summed E-state index contributed by atoms with van der Waals surface area (Å²) in [6, 6.07) is 1.73. The van der Waals surface area contributed by atoms with Crippen LogP contribution in [0.15, 0.2) is 17.0 Å². The summed E-state index contributed by atoms with van der Waals surface area (Å²) in [6.45, 7) is 0.916. The molecule has 126 valence electrons. The Morgan fingerprint density at radius 3 is 1.91 bits per heavy atom. The summed E-state index contributed by atoms with van der Waals surface area (Å²) < 4.78 is 25.7. The number of nitro benzene ring substituents is 2. The molecule has 1 saturated heterocycles. The van der Waals surface area contributed by atoms with Crippen LogP contribution in [-0.2, 0) is 10.0 Å². The quantitative estimate of drug-likeness (QED) is 0.629. The Morgan fingerprint density at radius 2 is 1.52 bits per heavy atom. The molecule has 1 aromatic rings. The molecule has 1 N–H and O–H groups in total. The Morgan fingerprint density at radius 1 is 1.04 bits per heavy atom. The van der Waals surface area contributed by atoms with Gasteiger partial charge in [-0.1, -0.05) is 0 Å². The Bertz CT molecular complexity index is 707. The molecule has 1 heterocycles. The fourth-order valence-corrected chi connectivity index (χ4v) is 3.34. The lowest BCUT2D eigenvalue weighted by Crippen LogP contribution is -2.31. The first kappa shape index (κ1) is 17.1. The number of benzene rings is 1. The van der Waals surface area contributed by atoms with Gasteiger partial charge in [-0.05, 0) is 26.3 Å². The van der Waals surface area contributed by atoms with Crippen LogP contribution in [0.3, 0.4) is 0 Å². The minimum absolute atomic E-state index is 0.130. The fourth-order valence-electron chi connectivity index (χ4n) is 2.57. The van der Waals surface area contributed by atoms with E-state index >= 15 is 0 Å². The third-order valence-electron chi connectivity index (χ3n) is 3.69. The standard InChI is InChI=1S/C12H16N4O6S/c1-13-23(21,22)9-7-10(15(17)18)12(11(8-9)16(19)20)14-5-3-2-4-6-14/h7-8,13H,2-6H2,1H3. The third kappa shape index (κ3) is 3.40. The zero-order chi connectivity index (χ0) is 17.2. The largest absolute Gasteiger partial charge is 0.360 e. The van der Waals surface area contributed by atoms with Crippen LogP contribution in [-0.4, -0.2) is 38.4 Å². The molecule has 0 saturated carbocycles. The maximum Gasteiger partial charge on any atom is 0.301 e. The number of hydrogen-bond donors (Lipinski definition) is 1. The van der Waals surface area contributed by atoms with E-state index in [-0.39, 0.29) is 5.69 Å². The summed E-state index contributed by atoms with van der Waals surface area (Å²) in [4.78, 5) is 22.2. The van der Waals surface area contributed by atoms with Crippen LogP contribution in [0.5, 0.6) is 0 Å². The number of anilines is 1. The van der Waals surface area contributed by atoms with Gasteiger partial charge in [-0.15, -0.1) is 0 Å². The Labute approximate surface area is 132 Å². The van der Waals surface area contributed by atoms with Gasteiger partial charge in [-0.2, -0.15) is 0 Å². The van der Waals surface area contributed by atoms with Crippen LogP contribution in [0.2, 0.25) is 0 Å². The molecule has 23 heavy (non-hydrogen) atoms. The predicted molar refractivity (Wildman–Crippen MR) is 82.1 cm³/mol. The molecule has 0 aromatic heterocycles. The first-order chi connectivity index (χ1) is 10.8. The van der Waals surface area contributed by atoms with E-state index in [1.165, 1.54) is 0 Å². The van der Waals surface area contributed by atoms with Gasteiger partial charge in [-0.3, -0.25) is 20.2 Å². The van der Waals surface area contributed by atoms with Gasteiger partial charge in [0.15, 0.2) is 5.69 Å². The Hall–Kier alpha value is -2.27. The Kier molecular flexibility index (Phi) is 4.80. The normalized spacial score (nSPS) is 15.4. The highest BCUT2D eigenvalue weighted by Gasteiger charge is 2.33. The molecule has 0 spiro atoms. The van der Waals surface area contributed by atoms with E-state index in [9.17, 15) is 28.6 Å². The molecular weight excluding hydrogens is 328 g/mol. The topological polar surface area (TPSA) is 136 Å². The summed E-state index contributed by atoms with van der Waals surface area (Å²) in [5, 5.41) is 22.7. The number of rotatable bonds is 5. The molecule has 0 radical (unpaired) electrons. The van der Waals surface area contributed by atoms with Crippen LogP contribution in [0.1, 0.15) is 19.3 Å². The van der Waals surface area contributed by atoms with Crippen LogP contribution in [0.25, 0.3) is 0 Å². The maximum atomic E-state index is 11.9. The number of hydrogen-bond acceptors (Lipinski definition) is 7.